The number of nitrogens with one attached hydrogen (secondary N) is 1. The molecule has 18 heteroatoms. The van der Waals surface area contributed by atoms with E-state index in [4.69, 9.17) is 16.6 Å². The van der Waals surface area contributed by atoms with E-state index in [0.717, 1.165) is 36.9 Å². The maximum Gasteiger partial charge on any atom is 0.416 e. The highest BCUT2D eigenvalue weighted by atomic mass is 35.5. The van der Waals surface area contributed by atoms with Gasteiger partial charge in [-0.25, -0.2) is 9.97 Å². The summed E-state index contributed by atoms with van der Waals surface area (Å²) in [4.78, 5) is 59.6. The number of hydrogen-bond acceptors (Lipinski definition) is 10. The highest BCUT2D eigenvalue weighted by molar-refractivity contribution is 6.33. The minimum absolute atomic E-state index is 0.00422. The van der Waals surface area contributed by atoms with Crippen LogP contribution in [0.3, 0.4) is 0 Å². The minimum atomic E-state index is -4.61. The van der Waals surface area contributed by atoms with Crippen molar-refractivity contribution in [3.8, 4) is 5.75 Å². The van der Waals surface area contributed by atoms with Gasteiger partial charge in [0.15, 0.2) is 17.3 Å². The molecule has 52 heavy (non-hydrogen) atoms. The molecule has 2 fully saturated rings. The van der Waals surface area contributed by atoms with Crippen LogP contribution < -0.4 is 15.8 Å². The lowest BCUT2D eigenvalue weighted by molar-refractivity contribution is -0.137. The van der Waals surface area contributed by atoms with Crippen LogP contribution in [0.25, 0.3) is 11.4 Å². The molecule has 2 N–H and O–H groups in total. The fourth-order valence-electron chi connectivity index (χ4n) is 6.76. The maximum absolute atomic E-state index is 14.3. The van der Waals surface area contributed by atoms with Crippen molar-refractivity contribution >= 4 is 46.1 Å². The maximum atomic E-state index is 14.3. The summed E-state index contributed by atoms with van der Waals surface area (Å²) in [6.45, 7) is 5.57. The number of amides is 2. The second-order valence-electron chi connectivity index (χ2n) is 13.1. The van der Waals surface area contributed by atoms with Gasteiger partial charge in [0.05, 0.1) is 27.7 Å². The number of benzene rings is 1. The summed E-state index contributed by atoms with van der Waals surface area (Å²) in [5.41, 5.74) is 0.453. The SMILES string of the molecule is CCc1c(N2CCN(C(=O)c3ncnc(C)c3O)CC2)c(=O)n2nc(C3=CCN(C4CC4)CC3)nc2n1CC(=O)Nc1ccc(C(F)(F)F)cc1Cl. The van der Waals surface area contributed by atoms with Crippen molar-refractivity contribution in [3.63, 3.8) is 0 Å². The zero-order chi connectivity index (χ0) is 36.9. The molecule has 2 amide bonds. The number of carbonyl (C=O) groups excluding carboxylic acids is 2. The molecule has 3 aromatic heterocycles. The molecule has 0 bridgehead atoms. The zero-order valence-electron chi connectivity index (χ0n) is 28.5. The van der Waals surface area contributed by atoms with Gasteiger partial charge in [0, 0.05) is 45.3 Å². The average molecular weight is 741 g/mol. The van der Waals surface area contributed by atoms with Crippen molar-refractivity contribution in [2.75, 3.05) is 49.5 Å². The summed E-state index contributed by atoms with van der Waals surface area (Å²) < 4.78 is 42.5. The topological polar surface area (TPSA) is 154 Å². The number of rotatable bonds is 8. The molecule has 0 unspecified atom stereocenters. The molecule has 1 aliphatic carbocycles. The van der Waals surface area contributed by atoms with E-state index in [9.17, 15) is 32.7 Å². The lowest BCUT2D eigenvalue weighted by atomic mass is 10.1. The Morgan fingerprint density at radius 1 is 1.10 bits per heavy atom. The van der Waals surface area contributed by atoms with Gasteiger partial charge in [-0.15, -0.1) is 5.10 Å². The standard InChI is InChI=1S/C34H36ClF3N10O4/c1-3-25-28(45-12-14-46(15-13-45)31(51)27-29(50)19(2)39-18-40-27)32(52)48-33(42-30(43-48)20-8-10-44(11-9-20)22-5-6-22)47(25)17-26(49)41-24-7-4-21(16-23(24)35)34(36,37)38/h4,7-8,16,18,22,50H,3,5-6,9-15,17H2,1-2H3,(H,41,49). The van der Waals surface area contributed by atoms with E-state index in [2.05, 4.69) is 31.4 Å². The Balaban J connectivity index is 1.22. The van der Waals surface area contributed by atoms with Crippen LogP contribution in [-0.4, -0.2) is 101 Å². The number of hydrogen-bond donors (Lipinski definition) is 2. The van der Waals surface area contributed by atoms with Gasteiger partial charge in [0.2, 0.25) is 11.7 Å². The van der Waals surface area contributed by atoms with Crippen molar-refractivity contribution in [2.24, 2.45) is 0 Å². The first kappa shape index (κ1) is 35.4. The average Bonchev–Trinajstić information content (AvgIpc) is 3.88. The van der Waals surface area contributed by atoms with E-state index in [1.54, 1.807) is 11.5 Å². The van der Waals surface area contributed by atoms with Crippen molar-refractivity contribution in [1.82, 2.24) is 38.9 Å². The quantitative estimate of drug-likeness (QED) is 0.273. The Kier molecular flexibility index (Phi) is 9.41. The van der Waals surface area contributed by atoms with E-state index < -0.39 is 29.1 Å². The second kappa shape index (κ2) is 13.8. The number of anilines is 2. The van der Waals surface area contributed by atoms with Crippen LogP contribution in [0.5, 0.6) is 5.75 Å². The fraction of sp³-hybridized carbons (Fsp3) is 0.441. The summed E-state index contributed by atoms with van der Waals surface area (Å²) >= 11 is 6.14. The number of aromatic nitrogens is 6. The van der Waals surface area contributed by atoms with Gasteiger partial charge in [0.1, 0.15) is 18.6 Å². The van der Waals surface area contributed by atoms with Crippen molar-refractivity contribution in [1.29, 1.82) is 0 Å². The van der Waals surface area contributed by atoms with Crippen LogP contribution in [0.2, 0.25) is 5.02 Å². The molecule has 274 valence electrons. The molecule has 1 saturated heterocycles. The first-order chi connectivity index (χ1) is 24.8. The second-order valence-corrected chi connectivity index (χ2v) is 13.5. The van der Waals surface area contributed by atoms with Gasteiger partial charge in [-0.1, -0.05) is 24.6 Å². The Labute approximate surface area is 300 Å². The predicted octanol–water partition coefficient (Wildman–Crippen LogP) is 3.78. The molecule has 0 radical (unpaired) electrons. The monoisotopic (exact) mass is 740 g/mol. The molecular formula is C34H36ClF3N10O4. The summed E-state index contributed by atoms with van der Waals surface area (Å²) in [6.07, 6.45) is 2.05. The first-order valence-electron chi connectivity index (χ1n) is 17.0. The molecule has 4 aromatic rings. The molecule has 7 rings (SSSR count). The highest BCUT2D eigenvalue weighted by Gasteiger charge is 2.34. The molecule has 14 nitrogen and oxygen atoms in total. The number of piperazine rings is 1. The van der Waals surface area contributed by atoms with Crippen LogP contribution in [0, 0.1) is 6.92 Å². The van der Waals surface area contributed by atoms with Gasteiger partial charge >= 0.3 is 6.18 Å². The van der Waals surface area contributed by atoms with E-state index in [-0.39, 0.29) is 72.0 Å². The number of alkyl halides is 3. The first-order valence-corrected chi connectivity index (χ1v) is 17.4. The Morgan fingerprint density at radius 2 is 1.85 bits per heavy atom. The number of nitrogens with zero attached hydrogens (tertiary/aromatic N) is 9. The van der Waals surface area contributed by atoms with Crippen LogP contribution in [0.4, 0.5) is 24.5 Å². The molecule has 3 aliphatic rings. The van der Waals surface area contributed by atoms with E-state index in [1.807, 2.05) is 11.8 Å². The molecule has 1 saturated carbocycles. The van der Waals surface area contributed by atoms with Crippen LogP contribution in [-0.2, 0) is 23.9 Å². The van der Waals surface area contributed by atoms with Crippen molar-refractivity contribution < 1.29 is 27.9 Å². The number of halogens is 4. The van der Waals surface area contributed by atoms with Crippen molar-refractivity contribution in [3.05, 3.63) is 74.4 Å². The van der Waals surface area contributed by atoms with Gasteiger partial charge in [-0.3, -0.25) is 19.3 Å². The third kappa shape index (κ3) is 6.81. The summed E-state index contributed by atoms with van der Waals surface area (Å²) in [6, 6.07) is 3.27. The summed E-state index contributed by atoms with van der Waals surface area (Å²) in [7, 11) is 0. The number of aryl methyl sites for hydroxylation is 1. The molecule has 0 spiro atoms. The third-order valence-corrected chi connectivity index (χ3v) is 10.0. The van der Waals surface area contributed by atoms with Gasteiger partial charge in [-0.2, -0.15) is 22.7 Å². The summed E-state index contributed by atoms with van der Waals surface area (Å²) in [5.74, 6) is -0.843. The van der Waals surface area contributed by atoms with E-state index in [0.29, 0.717) is 30.4 Å². The third-order valence-electron chi connectivity index (χ3n) is 9.71. The smallest absolute Gasteiger partial charge is 0.416 e. The Morgan fingerprint density at radius 3 is 2.48 bits per heavy atom. The summed E-state index contributed by atoms with van der Waals surface area (Å²) in [5, 5.41) is 17.4. The van der Waals surface area contributed by atoms with Gasteiger partial charge < -0.3 is 24.8 Å². The highest BCUT2D eigenvalue weighted by Crippen LogP contribution is 2.34. The van der Waals surface area contributed by atoms with E-state index >= 15 is 0 Å². The minimum Gasteiger partial charge on any atom is -0.504 e. The Hall–Kier alpha value is -5.03. The molecular weight excluding hydrogens is 705 g/mol. The van der Waals surface area contributed by atoms with Crippen molar-refractivity contribution in [2.45, 2.75) is 58.3 Å². The largest absolute Gasteiger partial charge is 0.504 e. The lowest BCUT2D eigenvalue weighted by Crippen LogP contribution is -2.51. The van der Waals surface area contributed by atoms with Crippen LogP contribution >= 0.6 is 11.6 Å². The van der Waals surface area contributed by atoms with Gasteiger partial charge in [0.25, 0.3) is 11.5 Å². The molecule has 0 atom stereocenters. The van der Waals surface area contributed by atoms with Gasteiger partial charge in [-0.05, 0) is 56.4 Å². The lowest BCUT2D eigenvalue weighted by Gasteiger charge is -2.36. The number of carbonyl (C=O) groups is 2. The van der Waals surface area contributed by atoms with E-state index in [1.165, 1.54) is 28.6 Å². The molecule has 2 aliphatic heterocycles. The predicted molar refractivity (Wildman–Crippen MR) is 185 cm³/mol. The zero-order valence-corrected chi connectivity index (χ0v) is 29.2. The fourth-order valence-corrected chi connectivity index (χ4v) is 6.98. The molecule has 1 aromatic carbocycles. The normalized spacial score (nSPS) is 17.1. The van der Waals surface area contributed by atoms with Crippen LogP contribution in [0.15, 0.2) is 35.4 Å². The number of fused-ring (bicyclic) bond motifs is 1. The Bertz CT molecular complexity index is 2160. The van der Waals surface area contributed by atoms with Crippen LogP contribution in [0.1, 0.15) is 59.5 Å². The molecule has 5 heterocycles. The number of aromatic hydroxyl groups is 1.